The first-order valence-electron chi connectivity index (χ1n) is 7.07. The Balaban J connectivity index is 1.79. The quantitative estimate of drug-likeness (QED) is 0.577. The Morgan fingerprint density at radius 1 is 1.22 bits per heavy atom. The smallest absolute Gasteiger partial charge is 0.243 e. The van der Waals surface area contributed by atoms with E-state index >= 15 is 0 Å². The maximum Gasteiger partial charge on any atom is 0.243 e. The first kappa shape index (κ1) is 16.4. The van der Waals surface area contributed by atoms with E-state index in [1.165, 1.54) is 6.07 Å². The molecule has 0 bridgehead atoms. The number of carbonyl (C=O) groups is 1. The van der Waals surface area contributed by atoms with Crippen LogP contribution in [0.1, 0.15) is 5.56 Å². The monoisotopic (exact) mass is 315 g/mol. The molecule has 1 aromatic carbocycles. The SMILES string of the molecule is CN=C(NCC(=O)Nc1cccnc1)NCc1ccccc1F. The zero-order valence-corrected chi connectivity index (χ0v) is 12.7. The predicted octanol–water partition coefficient (Wildman–Crippen LogP) is 1.52. The second-order valence-corrected chi connectivity index (χ2v) is 4.66. The number of halogens is 1. The van der Waals surface area contributed by atoms with Gasteiger partial charge in [-0.3, -0.25) is 14.8 Å². The van der Waals surface area contributed by atoms with Crippen LogP contribution in [-0.2, 0) is 11.3 Å². The molecule has 0 aliphatic carbocycles. The number of guanidine groups is 1. The average Bonchev–Trinajstić information content (AvgIpc) is 2.57. The summed E-state index contributed by atoms with van der Waals surface area (Å²) in [7, 11) is 1.58. The van der Waals surface area contributed by atoms with Crippen LogP contribution in [-0.4, -0.2) is 30.4 Å². The molecule has 1 heterocycles. The molecule has 1 aromatic heterocycles. The summed E-state index contributed by atoms with van der Waals surface area (Å²) in [6.07, 6.45) is 3.19. The third kappa shape index (κ3) is 5.39. The van der Waals surface area contributed by atoms with Crippen molar-refractivity contribution in [2.45, 2.75) is 6.54 Å². The van der Waals surface area contributed by atoms with Gasteiger partial charge in [-0.05, 0) is 18.2 Å². The minimum absolute atomic E-state index is 0.0336. The molecule has 2 aromatic rings. The molecule has 3 N–H and O–H groups in total. The number of benzene rings is 1. The van der Waals surface area contributed by atoms with Crippen molar-refractivity contribution in [3.63, 3.8) is 0 Å². The molecule has 0 aliphatic heterocycles. The van der Waals surface area contributed by atoms with Crippen molar-refractivity contribution in [3.05, 3.63) is 60.2 Å². The Morgan fingerprint density at radius 3 is 2.74 bits per heavy atom. The van der Waals surface area contributed by atoms with E-state index in [1.54, 1.807) is 49.8 Å². The Bertz CT molecular complexity index is 675. The first-order chi connectivity index (χ1) is 11.2. The summed E-state index contributed by atoms with van der Waals surface area (Å²) in [5.74, 6) is -0.105. The van der Waals surface area contributed by atoms with Crippen LogP contribution >= 0.6 is 0 Å². The Hall–Kier alpha value is -2.96. The maximum absolute atomic E-state index is 13.5. The van der Waals surface area contributed by atoms with E-state index < -0.39 is 0 Å². The molecule has 6 nitrogen and oxygen atoms in total. The molecule has 23 heavy (non-hydrogen) atoms. The molecule has 0 unspecified atom stereocenters. The number of amides is 1. The minimum Gasteiger partial charge on any atom is -0.352 e. The van der Waals surface area contributed by atoms with Crippen molar-refractivity contribution >= 4 is 17.6 Å². The van der Waals surface area contributed by atoms with E-state index in [1.807, 2.05) is 0 Å². The van der Waals surface area contributed by atoms with Gasteiger partial charge in [0.05, 0.1) is 18.4 Å². The van der Waals surface area contributed by atoms with Gasteiger partial charge in [0.1, 0.15) is 5.82 Å². The fourth-order valence-electron chi connectivity index (χ4n) is 1.85. The van der Waals surface area contributed by atoms with Gasteiger partial charge in [0.25, 0.3) is 0 Å². The molecule has 0 saturated heterocycles. The lowest BCUT2D eigenvalue weighted by atomic mass is 10.2. The molecule has 0 aliphatic rings. The predicted molar refractivity (Wildman–Crippen MR) is 87.5 cm³/mol. The van der Waals surface area contributed by atoms with E-state index in [2.05, 4.69) is 25.9 Å². The lowest BCUT2D eigenvalue weighted by Gasteiger charge is -2.12. The van der Waals surface area contributed by atoms with E-state index in [9.17, 15) is 9.18 Å². The first-order valence-corrected chi connectivity index (χ1v) is 7.07. The second kappa shape index (κ2) is 8.47. The summed E-state index contributed by atoms with van der Waals surface area (Å²) in [5.41, 5.74) is 1.14. The normalized spacial score (nSPS) is 11.0. The molecule has 0 fully saturated rings. The van der Waals surface area contributed by atoms with E-state index in [-0.39, 0.29) is 24.8 Å². The number of rotatable bonds is 5. The highest BCUT2D eigenvalue weighted by Gasteiger charge is 2.05. The zero-order valence-electron chi connectivity index (χ0n) is 12.7. The molecule has 7 heteroatoms. The minimum atomic E-state index is -0.287. The molecule has 0 atom stereocenters. The van der Waals surface area contributed by atoms with Crippen LogP contribution in [0.15, 0.2) is 53.8 Å². The van der Waals surface area contributed by atoms with Gasteiger partial charge >= 0.3 is 0 Å². The summed E-state index contributed by atoms with van der Waals surface area (Å²) < 4.78 is 13.5. The van der Waals surface area contributed by atoms with Gasteiger partial charge in [-0.1, -0.05) is 18.2 Å². The molecule has 2 rings (SSSR count). The topological polar surface area (TPSA) is 78.4 Å². The van der Waals surface area contributed by atoms with Crippen LogP contribution in [0.5, 0.6) is 0 Å². The van der Waals surface area contributed by atoms with Crippen molar-refractivity contribution in [1.82, 2.24) is 15.6 Å². The fraction of sp³-hybridized carbons (Fsp3) is 0.188. The maximum atomic E-state index is 13.5. The highest BCUT2D eigenvalue weighted by atomic mass is 19.1. The van der Waals surface area contributed by atoms with Crippen LogP contribution in [0, 0.1) is 5.82 Å². The third-order valence-corrected chi connectivity index (χ3v) is 2.99. The summed E-state index contributed by atoms with van der Waals surface area (Å²) in [6.45, 7) is 0.308. The van der Waals surface area contributed by atoms with E-state index in [0.717, 1.165) is 0 Å². The molecule has 0 saturated carbocycles. The molecular weight excluding hydrogens is 297 g/mol. The number of nitrogens with one attached hydrogen (secondary N) is 3. The van der Waals surface area contributed by atoms with Crippen molar-refractivity contribution in [2.75, 3.05) is 18.9 Å². The number of hydrogen-bond acceptors (Lipinski definition) is 3. The highest BCUT2D eigenvalue weighted by molar-refractivity contribution is 5.94. The number of aliphatic imine (C=N–C) groups is 1. The number of nitrogens with zero attached hydrogens (tertiary/aromatic N) is 2. The molecule has 120 valence electrons. The van der Waals surface area contributed by atoms with Crippen molar-refractivity contribution < 1.29 is 9.18 Å². The number of aromatic nitrogens is 1. The van der Waals surface area contributed by atoms with Gasteiger partial charge in [0.2, 0.25) is 5.91 Å². The Morgan fingerprint density at radius 2 is 2.04 bits per heavy atom. The van der Waals surface area contributed by atoms with Crippen molar-refractivity contribution in [2.24, 2.45) is 4.99 Å². The lowest BCUT2D eigenvalue weighted by molar-refractivity contribution is -0.115. The Kier molecular flexibility index (Phi) is 6.05. The number of carbonyl (C=O) groups excluding carboxylic acids is 1. The summed E-state index contributed by atoms with van der Waals surface area (Å²) in [4.78, 5) is 19.7. The number of pyridine rings is 1. The van der Waals surface area contributed by atoms with Crippen LogP contribution < -0.4 is 16.0 Å². The van der Waals surface area contributed by atoms with Gasteiger partial charge in [-0.2, -0.15) is 0 Å². The van der Waals surface area contributed by atoms with E-state index in [4.69, 9.17) is 0 Å². The lowest BCUT2D eigenvalue weighted by Crippen LogP contribution is -2.41. The average molecular weight is 315 g/mol. The fourth-order valence-corrected chi connectivity index (χ4v) is 1.85. The highest BCUT2D eigenvalue weighted by Crippen LogP contribution is 2.05. The molecular formula is C16H18FN5O. The van der Waals surface area contributed by atoms with Crippen LogP contribution in [0.3, 0.4) is 0 Å². The Labute approximate surface area is 133 Å². The molecule has 1 amide bonds. The van der Waals surface area contributed by atoms with Crippen LogP contribution in [0.4, 0.5) is 10.1 Å². The second-order valence-electron chi connectivity index (χ2n) is 4.66. The summed E-state index contributed by atoms with van der Waals surface area (Å²) in [6, 6.07) is 9.96. The standard InChI is InChI=1S/C16H18FN5O/c1-18-16(20-9-12-5-2-3-7-14(12)17)21-11-15(23)22-13-6-4-8-19-10-13/h2-8,10H,9,11H2,1H3,(H,22,23)(H2,18,20,21). The van der Waals surface area contributed by atoms with Gasteiger partial charge in [-0.25, -0.2) is 4.39 Å². The molecule has 0 radical (unpaired) electrons. The summed E-state index contributed by atoms with van der Waals surface area (Å²) >= 11 is 0. The van der Waals surface area contributed by atoms with Gasteiger partial charge in [-0.15, -0.1) is 0 Å². The van der Waals surface area contributed by atoms with Crippen LogP contribution in [0.25, 0.3) is 0 Å². The van der Waals surface area contributed by atoms with Crippen LogP contribution in [0.2, 0.25) is 0 Å². The van der Waals surface area contributed by atoms with Gasteiger partial charge in [0, 0.05) is 25.4 Å². The zero-order chi connectivity index (χ0) is 16.5. The van der Waals surface area contributed by atoms with Crippen molar-refractivity contribution in [3.8, 4) is 0 Å². The largest absolute Gasteiger partial charge is 0.352 e. The van der Waals surface area contributed by atoms with Gasteiger partial charge in [0.15, 0.2) is 5.96 Å². The number of hydrogen-bond donors (Lipinski definition) is 3. The van der Waals surface area contributed by atoms with Gasteiger partial charge < -0.3 is 16.0 Å². The summed E-state index contributed by atoms with van der Waals surface area (Å²) in [5, 5.41) is 8.51. The van der Waals surface area contributed by atoms with Crippen molar-refractivity contribution in [1.29, 1.82) is 0 Å². The number of anilines is 1. The van der Waals surface area contributed by atoms with E-state index in [0.29, 0.717) is 17.2 Å². The third-order valence-electron chi connectivity index (χ3n) is 2.99. The molecule has 0 spiro atoms.